The zero-order valence-corrected chi connectivity index (χ0v) is 6.16. The Bertz CT molecular complexity index is 390. The van der Waals surface area contributed by atoms with Gasteiger partial charge in [-0.2, -0.15) is 5.10 Å². The summed E-state index contributed by atoms with van der Waals surface area (Å²) in [6.07, 6.45) is 4.07. The minimum absolute atomic E-state index is 0.379. The van der Waals surface area contributed by atoms with Gasteiger partial charge in [-0.15, -0.1) is 0 Å². The number of aromatic nitrogens is 3. The molecule has 0 spiro atoms. The Kier molecular flexibility index (Phi) is 1.36. The summed E-state index contributed by atoms with van der Waals surface area (Å²) in [5, 5.41) is 3.76. The SMILES string of the molecule is Nc1[nH]ccc1-n1cc(F)cn1. The molecule has 0 aliphatic carbocycles. The second-order valence-corrected chi connectivity index (χ2v) is 2.38. The van der Waals surface area contributed by atoms with Crippen LogP contribution in [-0.4, -0.2) is 14.8 Å². The minimum Gasteiger partial charge on any atom is -0.383 e. The van der Waals surface area contributed by atoms with Gasteiger partial charge in [0.05, 0.1) is 12.4 Å². The van der Waals surface area contributed by atoms with Crippen molar-refractivity contribution in [2.24, 2.45) is 0 Å². The standard InChI is InChI=1S/C7H7FN4/c8-5-3-11-12(4-5)6-1-2-10-7(6)9/h1-4,10H,9H2. The zero-order chi connectivity index (χ0) is 8.55. The van der Waals surface area contributed by atoms with Gasteiger partial charge in [-0.25, -0.2) is 9.07 Å². The molecule has 0 fully saturated rings. The molecule has 12 heavy (non-hydrogen) atoms. The van der Waals surface area contributed by atoms with Crippen LogP contribution in [0.3, 0.4) is 0 Å². The van der Waals surface area contributed by atoms with Crippen LogP contribution in [0.1, 0.15) is 0 Å². The molecule has 3 N–H and O–H groups in total. The summed E-state index contributed by atoms with van der Waals surface area (Å²) in [5.41, 5.74) is 6.19. The monoisotopic (exact) mass is 166 g/mol. The molecule has 2 aromatic heterocycles. The number of anilines is 1. The van der Waals surface area contributed by atoms with Gasteiger partial charge in [0.1, 0.15) is 11.5 Å². The average molecular weight is 166 g/mol. The van der Waals surface area contributed by atoms with Gasteiger partial charge in [-0.3, -0.25) is 0 Å². The molecule has 2 rings (SSSR count). The smallest absolute Gasteiger partial charge is 0.161 e. The van der Waals surface area contributed by atoms with Gasteiger partial charge in [-0.05, 0) is 6.07 Å². The van der Waals surface area contributed by atoms with Crippen LogP contribution < -0.4 is 5.73 Å². The predicted molar refractivity (Wildman–Crippen MR) is 42.3 cm³/mol. The molecule has 0 amide bonds. The quantitative estimate of drug-likeness (QED) is 0.661. The number of nitrogens with zero attached hydrogens (tertiary/aromatic N) is 2. The van der Waals surface area contributed by atoms with E-state index in [2.05, 4.69) is 10.1 Å². The van der Waals surface area contributed by atoms with Crippen LogP contribution in [0.4, 0.5) is 10.2 Å². The molecule has 0 aliphatic heterocycles. The van der Waals surface area contributed by atoms with Crippen LogP contribution in [0.25, 0.3) is 5.69 Å². The third kappa shape index (κ3) is 0.952. The second kappa shape index (κ2) is 2.37. The second-order valence-electron chi connectivity index (χ2n) is 2.38. The van der Waals surface area contributed by atoms with Gasteiger partial charge in [0.25, 0.3) is 0 Å². The van der Waals surface area contributed by atoms with Crippen molar-refractivity contribution in [1.29, 1.82) is 0 Å². The Morgan fingerprint density at radius 1 is 1.58 bits per heavy atom. The molecule has 2 aromatic rings. The fraction of sp³-hybridized carbons (Fsp3) is 0. The molecule has 5 heteroatoms. The maximum Gasteiger partial charge on any atom is 0.161 e. The first-order valence-electron chi connectivity index (χ1n) is 3.41. The lowest BCUT2D eigenvalue weighted by Crippen LogP contribution is -1.97. The average Bonchev–Trinajstić information content (AvgIpc) is 2.58. The number of halogens is 1. The zero-order valence-electron chi connectivity index (χ0n) is 6.16. The predicted octanol–water partition coefficient (Wildman–Crippen LogP) is 0.922. The summed E-state index contributed by atoms with van der Waals surface area (Å²) >= 11 is 0. The Balaban J connectivity index is 2.50. The molecule has 2 heterocycles. The van der Waals surface area contributed by atoms with Crippen LogP contribution in [0.5, 0.6) is 0 Å². The van der Waals surface area contributed by atoms with Gasteiger partial charge < -0.3 is 10.7 Å². The van der Waals surface area contributed by atoms with E-state index in [0.717, 1.165) is 6.20 Å². The summed E-state index contributed by atoms with van der Waals surface area (Å²) < 4.78 is 13.9. The topological polar surface area (TPSA) is 59.6 Å². The van der Waals surface area contributed by atoms with E-state index in [-0.39, 0.29) is 5.82 Å². The molecule has 62 valence electrons. The maximum atomic E-state index is 12.5. The van der Waals surface area contributed by atoms with Crippen molar-refractivity contribution in [3.63, 3.8) is 0 Å². The largest absolute Gasteiger partial charge is 0.383 e. The molecule has 0 aliphatic rings. The normalized spacial score (nSPS) is 10.4. The van der Waals surface area contributed by atoms with Crippen molar-refractivity contribution < 1.29 is 4.39 Å². The number of hydrogen-bond acceptors (Lipinski definition) is 2. The van der Waals surface area contributed by atoms with E-state index in [1.54, 1.807) is 12.3 Å². The number of H-pyrrole nitrogens is 1. The highest BCUT2D eigenvalue weighted by molar-refractivity contribution is 5.51. The first kappa shape index (κ1) is 6.90. The summed E-state index contributed by atoms with van der Waals surface area (Å²) in [6.45, 7) is 0. The summed E-state index contributed by atoms with van der Waals surface area (Å²) in [5.74, 6) is 0.0914. The van der Waals surface area contributed by atoms with Crippen LogP contribution >= 0.6 is 0 Å². The van der Waals surface area contributed by atoms with Gasteiger partial charge in [0.15, 0.2) is 5.82 Å². The van der Waals surface area contributed by atoms with Gasteiger partial charge in [0, 0.05) is 6.20 Å². The van der Waals surface area contributed by atoms with Crippen molar-refractivity contribution >= 4 is 5.82 Å². The highest BCUT2D eigenvalue weighted by atomic mass is 19.1. The van der Waals surface area contributed by atoms with E-state index in [1.165, 1.54) is 10.9 Å². The van der Waals surface area contributed by atoms with E-state index in [9.17, 15) is 4.39 Å². The van der Waals surface area contributed by atoms with Crippen LogP contribution in [0, 0.1) is 5.82 Å². The van der Waals surface area contributed by atoms with Gasteiger partial charge in [0.2, 0.25) is 0 Å². The Labute approximate surface area is 67.8 Å². The molecular weight excluding hydrogens is 159 g/mol. The molecule has 0 saturated carbocycles. The van der Waals surface area contributed by atoms with Crippen molar-refractivity contribution in [3.8, 4) is 5.69 Å². The highest BCUT2D eigenvalue weighted by Gasteiger charge is 2.03. The summed E-state index contributed by atoms with van der Waals surface area (Å²) in [6, 6.07) is 1.72. The van der Waals surface area contributed by atoms with Crippen LogP contribution in [0.2, 0.25) is 0 Å². The van der Waals surface area contributed by atoms with E-state index in [0.29, 0.717) is 11.5 Å². The first-order valence-corrected chi connectivity index (χ1v) is 3.41. The first-order chi connectivity index (χ1) is 5.77. The molecular formula is C7H7FN4. The van der Waals surface area contributed by atoms with Gasteiger partial charge in [-0.1, -0.05) is 0 Å². The molecule has 4 nitrogen and oxygen atoms in total. The molecule has 0 unspecified atom stereocenters. The lowest BCUT2D eigenvalue weighted by atomic mass is 10.5. The molecule has 0 atom stereocenters. The fourth-order valence-corrected chi connectivity index (χ4v) is 1.01. The van der Waals surface area contributed by atoms with E-state index >= 15 is 0 Å². The number of nitrogen functional groups attached to an aromatic ring is 1. The number of hydrogen-bond donors (Lipinski definition) is 2. The molecule has 0 saturated heterocycles. The maximum absolute atomic E-state index is 12.5. The van der Waals surface area contributed by atoms with E-state index in [1.807, 2.05) is 0 Å². The van der Waals surface area contributed by atoms with Gasteiger partial charge >= 0.3 is 0 Å². The van der Waals surface area contributed by atoms with Crippen molar-refractivity contribution in [3.05, 3.63) is 30.5 Å². The number of rotatable bonds is 1. The highest BCUT2D eigenvalue weighted by Crippen LogP contribution is 2.13. The summed E-state index contributed by atoms with van der Waals surface area (Å²) in [4.78, 5) is 2.77. The lowest BCUT2D eigenvalue weighted by Gasteiger charge is -1.96. The summed E-state index contributed by atoms with van der Waals surface area (Å²) in [7, 11) is 0. The van der Waals surface area contributed by atoms with E-state index in [4.69, 9.17) is 5.73 Å². The fourth-order valence-electron chi connectivity index (χ4n) is 1.01. The Hall–Kier alpha value is -1.78. The number of nitrogens with two attached hydrogens (primary N) is 1. The molecule has 0 aromatic carbocycles. The number of nitrogens with one attached hydrogen (secondary N) is 1. The lowest BCUT2D eigenvalue weighted by molar-refractivity contribution is 0.627. The van der Waals surface area contributed by atoms with Crippen LogP contribution in [-0.2, 0) is 0 Å². The molecule has 0 radical (unpaired) electrons. The van der Waals surface area contributed by atoms with E-state index < -0.39 is 0 Å². The minimum atomic E-state index is -0.379. The Morgan fingerprint density at radius 3 is 2.92 bits per heavy atom. The number of aromatic amines is 1. The van der Waals surface area contributed by atoms with Crippen molar-refractivity contribution in [2.75, 3.05) is 5.73 Å². The molecule has 0 bridgehead atoms. The third-order valence-corrected chi connectivity index (χ3v) is 1.55. The van der Waals surface area contributed by atoms with Crippen molar-refractivity contribution in [2.45, 2.75) is 0 Å². The Morgan fingerprint density at radius 2 is 2.42 bits per heavy atom. The van der Waals surface area contributed by atoms with Crippen molar-refractivity contribution in [1.82, 2.24) is 14.8 Å². The third-order valence-electron chi connectivity index (χ3n) is 1.55. The van der Waals surface area contributed by atoms with Crippen LogP contribution in [0.15, 0.2) is 24.7 Å².